The number of anilines is 1. The van der Waals surface area contributed by atoms with Gasteiger partial charge >= 0.3 is 0 Å². The maximum atomic E-state index is 12.2. The molecule has 1 saturated heterocycles. The number of carbonyl (C=O) groups is 1. The Balaban J connectivity index is 1.84. The van der Waals surface area contributed by atoms with Crippen LogP contribution in [0.3, 0.4) is 0 Å². The fraction of sp³-hybridized carbons (Fsp3) is 0.682. The van der Waals surface area contributed by atoms with Crippen molar-refractivity contribution < 1.29 is 9.53 Å². The number of hydrogen-bond donors (Lipinski definition) is 3. The molecule has 1 unspecified atom stereocenters. The summed E-state index contributed by atoms with van der Waals surface area (Å²) in [5.74, 6) is 1.88. The Morgan fingerprint density at radius 3 is 2.70 bits per heavy atom. The number of amides is 1. The van der Waals surface area contributed by atoms with E-state index in [0.717, 1.165) is 57.5 Å². The minimum atomic E-state index is -0.0672. The lowest BCUT2D eigenvalue weighted by Gasteiger charge is -2.34. The van der Waals surface area contributed by atoms with Gasteiger partial charge in [-0.3, -0.25) is 14.7 Å². The molecule has 1 aliphatic rings. The van der Waals surface area contributed by atoms with Gasteiger partial charge in [0.2, 0.25) is 5.91 Å². The minimum Gasteiger partial charge on any atom is -0.379 e. The number of aryl methyl sites for hydroxylation is 1. The van der Waals surface area contributed by atoms with Crippen molar-refractivity contribution in [3.63, 3.8) is 0 Å². The molecule has 1 amide bonds. The normalized spacial score (nSPS) is 16.4. The predicted octanol–water partition coefficient (Wildman–Crippen LogP) is 2.02. The number of nitrogens with one attached hydrogen (secondary N) is 3. The maximum absolute atomic E-state index is 12.2. The highest BCUT2D eigenvalue weighted by Gasteiger charge is 2.21. The first-order chi connectivity index (χ1) is 14.5. The third-order valence-electron chi connectivity index (χ3n) is 4.91. The third kappa shape index (κ3) is 9.09. The average molecular weight is 419 g/mol. The molecule has 0 aromatic carbocycles. The molecule has 8 nitrogen and oxygen atoms in total. The highest BCUT2D eigenvalue weighted by Crippen LogP contribution is 2.14. The summed E-state index contributed by atoms with van der Waals surface area (Å²) in [6.45, 7) is 14.0. The zero-order valence-electron chi connectivity index (χ0n) is 18.9. The van der Waals surface area contributed by atoms with E-state index in [4.69, 9.17) is 9.73 Å². The highest BCUT2D eigenvalue weighted by atomic mass is 16.5. The molecule has 168 valence electrons. The number of aromatic nitrogens is 1. The van der Waals surface area contributed by atoms with E-state index in [2.05, 4.69) is 39.7 Å². The summed E-state index contributed by atoms with van der Waals surface area (Å²) in [7, 11) is 0. The highest BCUT2D eigenvalue weighted by molar-refractivity contribution is 5.90. The molecule has 2 heterocycles. The number of hydrogen-bond acceptors (Lipinski definition) is 5. The van der Waals surface area contributed by atoms with E-state index in [0.29, 0.717) is 30.7 Å². The summed E-state index contributed by atoms with van der Waals surface area (Å²) in [5.41, 5.74) is 0.878. The quantitative estimate of drug-likeness (QED) is 0.398. The summed E-state index contributed by atoms with van der Waals surface area (Å²) in [4.78, 5) is 23.8. The van der Waals surface area contributed by atoms with Gasteiger partial charge in [0.05, 0.1) is 19.8 Å². The van der Waals surface area contributed by atoms with Crippen LogP contribution < -0.4 is 16.0 Å². The Bertz CT molecular complexity index is 673. The number of carbonyl (C=O) groups excluding carboxylic acids is 1. The third-order valence-corrected chi connectivity index (χ3v) is 4.91. The zero-order valence-corrected chi connectivity index (χ0v) is 18.9. The molecule has 3 N–H and O–H groups in total. The standard InChI is InChI=1S/C22H38N6O2/c1-5-23-22(24-10-9-21(29)27-20-8-6-7-18(4)26-20)25-16-19(15-17(2)3)28-11-13-30-14-12-28/h6-8,17,19H,5,9-16H2,1-4H3,(H2,23,24,25)(H,26,27,29). The first kappa shape index (κ1) is 24.1. The second kappa shape index (κ2) is 13.2. The van der Waals surface area contributed by atoms with Gasteiger partial charge in [-0.25, -0.2) is 4.98 Å². The number of ether oxygens (including phenoxy) is 1. The monoisotopic (exact) mass is 418 g/mol. The Hall–Kier alpha value is -2.19. The predicted molar refractivity (Wildman–Crippen MR) is 122 cm³/mol. The van der Waals surface area contributed by atoms with Crippen molar-refractivity contribution in [3.8, 4) is 0 Å². The van der Waals surface area contributed by atoms with Gasteiger partial charge in [0, 0.05) is 44.3 Å². The average Bonchev–Trinajstić information content (AvgIpc) is 2.71. The van der Waals surface area contributed by atoms with Crippen LogP contribution in [0.25, 0.3) is 0 Å². The molecule has 0 aliphatic carbocycles. The summed E-state index contributed by atoms with van der Waals surface area (Å²) in [5, 5.41) is 9.39. The molecule has 0 bridgehead atoms. The van der Waals surface area contributed by atoms with Crippen molar-refractivity contribution in [1.29, 1.82) is 0 Å². The molecule has 1 aliphatic heterocycles. The smallest absolute Gasteiger partial charge is 0.227 e. The summed E-state index contributed by atoms with van der Waals surface area (Å²) in [6.07, 6.45) is 1.45. The maximum Gasteiger partial charge on any atom is 0.227 e. The number of guanidine groups is 1. The van der Waals surface area contributed by atoms with Crippen LogP contribution in [0.4, 0.5) is 5.82 Å². The lowest BCUT2D eigenvalue weighted by atomic mass is 10.0. The van der Waals surface area contributed by atoms with E-state index >= 15 is 0 Å². The van der Waals surface area contributed by atoms with Crippen molar-refractivity contribution in [2.45, 2.75) is 46.6 Å². The van der Waals surface area contributed by atoms with Crippen molar-refractivity contribution in [1.82, 2.24) is 20.5 Å². The summed E-state index contributed by atoms with van der Waals surface area (Å²) in [6, 6.07) is 5.98. The zero-order chi connectivity index (χ0) is 21.8. The van der Waals surface area contributed by atoms with Crippen LogP contribution in [-0.4, -0.2) is 73.7 Å². The topological polar surface area (TPSA) is 90.9 Å². The molecule has 2 rings (SSSR count). The first-order valence-corrected chi connectivity index (χ1v) is 11.1. The molecule has 1 atom stereocenters. The van der Waals surface area contributed by atoms with Gasteiger partial charge in [-0.05, 0) is 38.3 Å². The van der Waals surface area contributed by atoms with E-state index in [1.54, 1.807) is 6.07 Å². The van der Waals surface area contributed by atoms with E-state index in [1.807, 2.05) is 26.0 Å². The second-order valence-electron chi connectivity index (χ2n) is 8.04. The number of aliphatic imine (C=N–C) groups is 1. The summed E-state index contributed by atoms with van der Waals surface area (Å²) < 4.78 is 5.50. The number of morpholine rings is 1. The Labute approximate surface area is 180 Å². The summed E-state index contributed by atoms with van der Waals surface area (Å²) >= 11 is 0. The van der Waals surface area contributed by atoms with Crippen LogP contribution in [0.2, 0.25) is 0 Å². The molecule has 0 saturated carbocycles. The molecule has 30 heavy (non-hydrogen) atoms. The van der Waals surface area contributed by atoms with Crippen molar-refractivity contribution in [2.75, 3.05) is 51.3 Å². The second-order valence-corrected chi connectivity index (χ2v) is 8.04. The molecule has 1 aromatic heterocycles. The van der Waals surface area contributed by atoms with Gasteiger partial charge < -0.3 is 20.7 Å². The van der Waals surface area contributed by atoms with E-state index in [9.17, 15) is 4.79 Å². The molecule has 8 heteroatoms. The molecule has 0 radical (unpaired) electrons. The fourth-order valence-electron chi connectivity index (χ4n) is 3.48. The van der Waals surface area contributed by atoms with E-state index in [-0.39, 0.29) is 5.91 Å². The Morgan fingerprint density at radius 2 is 2.03 bits per heavy atom. The van der Waals surface area contributed by atoms with Crippen molar-refractivity contribution >= 4 is 17.7 Å². The van der Waals surface area contributed by atoms with Gasteiger partial charge in [0.25, 0.3) is 0 Å². The van der Waals surface area contributed by atoms with Crippen LogP contribution in [0.1, 0.15) is 39.3 Å². The van der Waals surface area contributed by atoms with Gasteiger partial charge in [-0.2, -0.15) is 0 Å². The van der Waals surface area contributed by atoms with Crippen LogP contribution in [-0.2, 0) is 9.53 Å². The lowest BCUT2D eigenvalue weighted by Crippen LogP contribution is -2.46. The SMILES string of the molecule is CCNC(=NCC(CC(C)C)N1CCOCC1)NCCC(=O)Nc1cccc(C)n1. The van der Waals surface area contributed by atoms with E-state index in [1.165, 1.54) is 0 Å². The van der Waals surface area contributed by atoms with Gasteiger partial charge in [0.1, 0.15) is 5.82 Å². The van der Waals surface area contributed by atoms with Gasteiger partial charge in [0.15, 0.2) is 5.96 Å². The van der Waals surface area contributed by atoms with Crippen molar-refractivity contribution in [3.05, 3.63) is 23.9 Å². The Kier molecular flexibility index (Phi) is 10.6. The van der Waals surface area contributed by atoms with Crippen LogP contribution in [0.5, 0.6) is 0 Å². The molecule has 0 spiro atoms. The van der Waals surface area contributed by atoms with Crippen LogP contribution in [0, 0.1) is 12.8 Å². The number of nitrogens with zero attached hydrogens (tertiary/aromatic N) is 3. The van der Waals surface area contributed by atoms with Crippen molar-refractivity contribution in [2.24, 2.45) is 10.9 Å². The molecular weight excluding hydrogens is 380 g/mol. The lowest BCUT2D eigenvalue weighted by molar-refractivity contribution is -0.116. The van der Waals surface area contributed by atoms with E-state index < -0.39 is 0 Å². The largest absolute Gasteiger partial charge is 0.379 e. The first-order valence-electron chi connectivity index (χ1n) is 11.1. The van der Waals surface area contributed by atoms with Crippen LogP contribution >= 0.6 is 0 Å². The molecular formula is C22H38N6O2. The van der Waals surface area contributed by atoms with Gasteiger partial charge in [-0.15, -0.1) is 0 Å². The number of pyridine rings is 1. The number of rotatable bonds is 10. The molecule has 1 fully saturated rings. The molecule has 1 aromatic rings. The fourth-order valence-corrected chi connectivity index (χ4v) is 3.48. The van der Waals surface area contributed by atoms with Gasteiger partial charge in [-0.1, -0.05) is 19.9 Å². The Morgan fingerprint density at radius 1 is 1.27 bits per heavy atom. The van der Waals surface area contributed by atoms with Crippen LogP contribution in [0.15, 0.2) is 23.2 Å². The minimum absolute atomic E-state index is 0.0672.